The second kappa shape index (κ2) is 8.06. The first-order valence-corrected chi connectivity index (χ1v) is 8.80. The smallest absolute Gasteiger partial charge is 0.410 e. The minimum atomic E-state index is -0.844. The van der Waals surface area contributed by atoms with Gasteiger partial charge in [-0.2, -0.15) is 0 Å². The second-order valence-corrected chi connectivity index (χ2v) is 7.43. The fourth-order valence-corrected chi connectivity index (χ4v) is 2.95. The average Bonchev–Trinajstić information content (AvgIpc) is 2.93. The molecule has 1 aliphatic heterocycles. The number of aliphatic hydroxyl groups is 1. The number of β-amino-alcohol motifs (C(OH)–C–C–N with tert-alkyl or cyclic N) is 1. The highest BCUT2D eigenvalue weighted by atomic mass is 35.5. The molecule has 1 fully saturated rings. The van der Waals surface area contributed by atoms with Gasteiger partial charge in [0.15, 0.2) is 0 Å². The molecule has 1 aliphatic rings. The van der Waals surface area contributed by atoms with Crippen molar-refractivity contribution in [3.63, 3.8) is 0 Å². The number of hydrogen-bond donors (Lipinski definition) is 1. The second-order valence-electron chi connectivity index (χ2n) is 7.16. The minimum Gasteiger partial charge on any atom is -0.444 e. The van der Waals surface area contributed by atoms with Gasteiger partial charge in [0.2, 0.25) is 5.91 Å². The number of nitrogens with zero attached hydrogens (tertiary/aromatic N) is 2. The van der Waals surface area contributed by atoms with Gasteiger partial charge in [-0.1, -0.05) is 30.3 Å². The average molecular weight is 369 g/mol. The van der Waals surface area contributed by atoms with E-state index in [1.54, 1.807) is 20.8 Å². The molecule has 2 amide bonds. The molecule has 1 aromatic carbocycles. The number of rotatable bonds is 4. The number of likely N-dealkylation sites (tertiary alicyclic amines) is 1. The zero-order valence-corrected chi connectivity index (χ0v) is 15.6. The third kappa shape index (κ3) is 5.34. The summed E-state index contributed by atoms with van der Waals surface area (Å²) < 4.78 is 5.35. The van der Waals surface area contributed by atoms with Crippen LogP contribution in [-0.2, 0) is 16.1 Å². The summed E-state index contributed by atoms with van der Waals surface area (Å²) in [5.41, 5.74) is 0.319. The Kier molecular flexibility index (Phi) is 6.30. The van der Waals surface area contributed by atoms with Gasteiger partial charge in [0, 0.05) is 13.1 Å². The van der Waals surface area contributed by atoms with Crippen LogP contribution in [0, 0.1) is 0 Å². The van der Waals surface area contributed by atoms with Crippen molar-refractivity contribution in [3.05, 3.63) is 35.9 Å². The Morgan fingerprint density at radius 3 is 2.48 bits per heavy atom. The largest absolute Gasteiger partial charge is 0.444 e. The van der Waals surface area contributed by atoms with Gasteiger partial charge in [0.1, 0.15) is 11.5 Å². The fourth-order valence-electron chi connectivity index (χ4n) is 2.80. The zero-order chi connectivity index (χ0) is 18.6. The van der Waals surface area contributed by atoms with E-state index in [9.17, 15) is 14.7 Å². The predicted octanol–water partition coefficient (Wildman–Crippen LogP) is 2.23. The number of aliphatic hydroxyl groups excluding tert-OH is 1. The third-order valence-electron chi connectivity index (χ3n) is 3.94. The topological polar surface area (TPSA) is 70.1 Å². The number of carbonyl (C=O) groups excluding carboxylic acids is 2. The molecule has 1 heterocycles. The maximum Gasteiger partial charge on any atom is 0.410 e. The summed E-state index contributed by atoms with van der Waals surface area (Å²) in [6, 6.07) is 8.96. The van der Waals surface area contributed by atoms with Gasteiger partial charge in [-0.15, -0.1) is 11.6 Å². The molecule has 1 N–H and O–H groups in total. The van der Waals surface area contributed by atoms with Crippen LogP contribution in [0.3, 0.4) is 0 Å². The molecule has 2 atom stereocenters. The summed E-state index contributed by atoms with van der Waals surface area (Å²) in [5, 5.41) is 10.4. The summed E-state index contributed by atoms with van der Waals surface area (Å²) in [6.45, 7) is 6.02. The monoisotopic (exact) mass is 368 g/mol. The molecule has 7 heteroatoms. The quantitative estimate of drug-likeness (QED) is 0.827. The predicted molar refractivity (Wildman–Crippen MR) is 95.3 cm³/mol. The lowest BCUT2D eigenvalue weighted by Gasteiger charge is -2.30. The van der Waals surface area contributed by atoms with E-state index in [4.69, 9.17) is 16.3 Å². The van der Waals surface area contributed by atoms with Gasteiger partial charge >= 0.3 is 6.09 Å². The molecule has 0 aromatic heterocycles. The molecule has 2 unspecified atom stereocenters. The van der Waals surface area contributed by atoms with Crippen molar-refractivity contribution in [1.29, 1.82) is 0 Å². The van der Waals surface area contributed by atoms with E-state index >= 15 is 0 Å². The third-order valence-corrected chi connectivity index (χ3v) is 4.17. The van der Waals surface area contributed by atoms with E-state index in [1.807, 2.05) is 30.3 Å². The zero-order valence-electron chi connectivity index (χ0n) is 14.8. The molecule has 25 heavy (non-hydrogen) atoms. The summed E-state index contributed by atoms with van der Waals surface area (Å²) in [5.74, 6) is -0.455. The Morgan fingerprint density at radius 2 is 1.92 bits per heavy atom. The van der Waals surface area contributed by atoms with Crippen molar-refractivity contribution in [2.75, 3.05) is 19.0 Å². The Balaban J connectivity index is 2.12. The first-order chi connectivity index (χ1) is 11.7. The molecule has 138 valence electrons. The minimum absolute atomic E-state index is 0.125. The van der Waals surface area contributed by atoms with Gasteiger partial charge in [-0.25, -0.2) is 4.79 Å². The van der Waals surface area contributed by atoms with Crippen molar-refractivity contribution < 1.29 is 19.4 Å². The van der Waals surface area contributed by atoms with Crippen LogP contribution >= 0.6 is 11.6 Å². The number of hydrogen-bond acceptors (Lipinski definition) is 4. The van der Waals surface area contributed by atoms with Gasteiger partial charge in [0.25, 0.3) is 0 Å². The number of halogens is 1. The highest BCUT2D eigenvalue weighted by Gasteiger charge is 2.40. The molecule has 6 nitrogen and oxygen atoms in total. The first kappa shape index (κ1) is 19.5. The van der Waals surface area contributed by atoms with Crippen molar-refractivity contribution in [3.8, 4) is 0 Å². The number of benzene rings is 1. The molecule has 0 aliphatic carbocycles. The highest BCUT2D eigenvalue weighted by Crippen LogP contribution is 2.22. The Bertz CT molecular complexity index is 603. The standard InChI is InChI=1S/C18H25ClN2O4/c1-18(2,3)25-17(24)20-11-14(15(22)12-20)21(16(23)9-19)10-13-7-5-4-6-8-13/h4-8,14-15,22H,9-12H2,1-3H3. The molecule has 0 bridgehead atoms. The van der Waals surface area contributed by atoms with Crippen LogP contribution in [0.5, 0.6) is 0 Å². The van der Waals surface area contributed by atoms with Gasteiger partial charge in [-0.3, -0.25) is 4.79 Å². The van der Waals surface area contributed by atoms with E-state index in [0.717, 1.165) is 5.56 Å². The summed E-state index contributed by atoms with van der Waals surface area (Å²) in [6.07, 6.45) is -1.34. The molecule has 1 aromatic rings. The van der Waals surface area contributed by atoms with Gasteiger partial charge in [-0.05, 0) is 26.3 Å². The molecular formula is C18H25ClN2O4. The summed E-state index contributed by atoms with van der Waals surface area (Å²) in [4.78, 5) is 27.5. The highest BCUT2D eigenvalue weighted by molar-refractivity contribution is 6.27. The van der Waals surface area contributed by atoms with Crippen molar-refractivity contribution in [2.45, 2.75) is 45.1 Å². The number of ether oxygens (including phenoxy) is 1. The first-order valence-electron chi connectivity index (χ1n) is 8.26. The van der Waals surface area contributed by atoms with E-state index in [1.165, 1.54) is 9.80 Å². The van der Waals surface area contributed by atoms with Crippen LogP contribution < -0.4 is 0 Å². The fraction of sp³-hybridized carbons (Fsp3) is 0.556. The molecule has 2 rings (SSSR count). The molecule has 0 saturated carbocycles. The van der Waals surface area contributed by atoms with Crippen LogP contribution in [-0.4, -0.2) is 63.6 Å². The van der Waals surface area contributed by atoms with Crippen LogP contribution in [0.15, 0.2) is 30.3 Å². The van der Waals surface area contributed by atoms with E-state index in [-0.39, 0.29) is 24.9 Å². The Hall–Kier alpha value is -1.79. The number of carbonyl (C=O) groups is 2. The summed E-state index contributed by atoms with van der Waals surface area (Å²) in [7, 11) is 0. The summed E-state index contributed by atoms with van der Waals surface area (Å²) >= 11 is 5.75. The SMILES string of the molecule is CC(C)(C)OC(=O)N1CC(O)C(N(Cc2ccccc2)C(=O)CCl)C1. The molecule has 0 spiro atoms. The van der Waals surface area contributed by atoms with Crippen LogP contribution in [0.4, 0.5) is 4.79 Å². The van der Waals surface area contributed by atoms with Gasteiger partial charge < -0.3 is 19.6 Å². The Morgan fingerprint density at radius 1 is 1.28 bits per heavy atom. The van der Waals surface area contributed by atoms with Crippen molar-refractivity contribution in [1.82, 2.24) is 9.80 Å². The molecule has 1 saturated heterocycles. The normalized spacial score (nSPS) is 20.4. The van der Waals surface area contributed by atoms with Gasteiger partial charge in [0.05, 0.1) is 18.7 Å². The maximum atomic E-state index is 12.3. The lowest BCUT2D eigenvalue weighted by molar-refractivity contribution is -0.133. The van der Waals surface area contributed by atoms with E-state index < -0.39 is 23.8 Å². The van der Waals surface area contributed by atoms with Crippen LogP contribution in [0.25, 0.3) is 0 Å². The molecule has 0 radical (unpaired) electrons. The number of amides is 2. The maximum absolute atomic E-state index is 12.3. The van der Waals surface area contributed by atoms with Crippen LogP contribution in [0.1, 0.15) is 26.3 Å². The Labute approximate surface area is 153 Å². The van der Waals surface area contributed by atoms with Crippen molar-refractivity contribution in [2.24, 2.45) is 0 Å². The van der Waals surface area contributed by atoms with E-state index in [2.05, 4.69) is 0 Å². The van der Waals surface area contributed by atoms with Crippen molar-refractivity contribution >= 4 is 23.6 Å². The lowest BCUT2D eigenvalue weighted by Crippen LogP contribution is -2.47. The molecular weight excluding hydrogens is 344 g/mol. The lowest BCUT2D eigenvalue weighted by atomic mass is 10.1. The van der Waals surface area contributed by atoms with E-state index in [0.29, 0.717) is 6.54 Å². The van der Waals surface area contributed by atoms with Crippen LogP contribution in [0.2, 0.25) is 0 Å². The number of alkyl halides is 1.